The second kappa shape index (κ2) is 13.9. The molecule has 3 aromatic rings. The third-order valence-electron chi connectivity index (χ3n) is 4.81. The number of ether oxygens (including phenoxy) is 4. The highest BCUT2D eigenvalue weighted by Crippen LogP contribution is 2.28. The second-order valence-corrected chi connectivity index (χ2v) is 8.48. The largest absolute Gasteiger partial charge is 0.494 e. The molecule has 1 amide bonds. The van der Waals surface area contributed by atoms with Crippen LogP contribution >= 0.6 is 15.9 Å². The molecule has 36 heavy (non-hydrogen) atoms. The van der Waals surface area contributed by atoms with Gasteiger partial charge in [-0.15, -0.1) is 0 Å². The van der Waals surface area contributed by atoms with Crippen molar-refractivity contribution in [3.05, 3.63) is 82.3 Å². The molecule has 0 atom stereocenters. The Hall–Kier alpha value is -3.85. The van der Waals surface area contributed by atoms with Gasteiger partial charge in [0.05, 0.1) is 25.5 Å². The summed E-state index contributed by atoms with van der Waals surface area (Å²) in [5.74, 6) is 0.991. The first-order valence-electron chi connectivity index (χ1n) is 11.3. The Morgan fingerprint density at radius 3 is 2.42 bits per heavy atom. The Morgan fingerprint density at radius 1 is 0.972 bits per heavy atom. The minimum atomic E-state index is -0.512. The Labute approximate surface area is 218 Å². The van der Waals surface area contributed by atoms with Crippen LogP contribution in [0.5, 0.6) is 23.0 Å². The minimum Gasteiger partial charge on any atom is -0.494 e. The summed E-state index contributed by atoms with van der Waals surface area (Å²) in [5, 5.41) is 3.94. The smallest absolute Gasteiger partial charge is 0.343 e. The van der Waals surface area contributed by atoms with Crippen molar-refractivity contribution in [2.75, 3.05) is 20.3 Å². The average molecular weight is 555 g/mol. The minimum absolute atomic E-state index is 0.193. The zero-order valence-corrected chi connectivity index (χ0v) is 21.6. The van der Waals surface area contributed by atoms with Crippen molar-refractivity contribution in [2.45, 2.75) is 19.8 Å². The van der Waals surface area contributed by atoms with Gasteiger partial charge in [-0.3, -0.25) is 4.79 Å². The first kappa shape index (κ1) is 26.7. The first-order chi connectivity index (χ1) is 17.5. The van der Waals surface area contributed by atoms with Crippen LogP contribution in [0.4, 0.5) is 0 Å². The predicted molar refractivity (Wildman–Crippen MR) is 140 cm³/mol. The molecule has 9 heteroatoms. The quantitative estimate of drug-likeness (QED) is 0.106. The van der Waals surface area contributed by atoms with Gasteiger partial charge in [-0.2, -0.15) is 5.10 Å². The molecular formula is C27H27BrN2O6. The van der Waals surface area contributed by atoms with Crippen molar-refractivity contribution in [2.24, 2.45) is 5.10 Å². The lowest BCUT2D eigenvalue weighted by Gasteiger charge is -2.10. The fraction of sp³-hybridized carbons (Fsp3) is 0.222. The Bertz CT molecular complexity index is 1200. The van der Waals surface area contributed by atoms with Gasteiger partial charge in [0.2, 0.25) is 0 Å². The Kier molecular flexibility index (Phi) is 10.3. The molecule has 0 fully saturated rings. The summed E-state index contributed by atoms with van der Waals surface area (Å²) < 4.78 is 22.6. The zero-order chi connectivity index (χ0) is 25.8. The molecule has 0 heterocycles. The summed E-state index contributed by atoms with van der Waals surface area (Å²) in [5.41, 5.74) is 3.44. The van der Waals surface area contributed by atoms with Gasteiger partial charge in [-0.1, -0.05) is 35.3 Å². The number of carbonyl (C=O) groups is 2. The molecule has 3 aromatic carbocycles. The van der Waals surface area contributed by atoms with E-state index in [1.54, 1.807) is 60.7 Å². The topological polar surface area (TPSA) is 95.5 Å². The van der Waals surface area contributed by atoms with Crippen molar-refractivity contribution in [1.29, 1.82) is 0 Å². The van der Waals surface area contributed by atoms with Crippen LogP contribution in [-0.4, -0.2) is 38.4 Å². The van der Waals surface area contributed by atoms with Gasteiger partial charge in [0, 0.05) is 4.47 Å². The standard InChI is InChI=1S/C27H27BrN2O6/c1-3-4-14-34-22-9-11-23(12-10-22)35-18-26(31)30-29-17-19-8-13-24(25(15-19)33-2)36-27(32)20-6-5-7-21(28)16-20/h5-13,15-17H,3-4,14,18H2,1-2H3,(H,30,31). The number of amides is 1. The maximum absolute atomic E-state index is 12.4. The van der Waals surface area contributed by atoms with Crippen molar-refractivity contribution >= 4 is 34.0 Å². The van der Waals surface area contributed by atoms with Crippen molar-refractivity contribution in [1.82, 2.24) is 5.43 Å². The molecule has 0 saturated heterocycles. The normalized spacial score (nSPS) is 10.6. The number of hydrazone groups is 1. The molecular weight excluding hydrogens is 528 g/mol. The number of nitrogens with one attached hydrogen (secondary N) is 1. The van der Waals surface area contributed by atoms with Crippen LogP contribution in [0.2, 0.25) is 0 Å². The third-order valence-corrected chi connectivity index (χ3v) is 5.31. The van der Waals surface area contributed by atoms with Gasteiger partial charge in [-0.05, 0) is 72.6 Å². The number of halogens is 1. The Morgan fingerprint density at radius 2 is 1.72 bits per heavy atom. The van der Waals surface area contributed by atoms with Crippen molar-refractivity contribution in [3.8, 4) is 23.0 Å². The first-order valence-corrected chi connectivity index (χ1v) is 12.1. The van der Waals surface area contributed by atoms with Crippen molar-refractivity contribution < 1.29 is 28.5 Å². The monoisotopic (exact) mass is 554 g/mol. The van der Waals surface area contributed by atoms with E-state index in [9.17, 15) is 9.59 Å². The van der Waals surface area contributed by atoms with E-state index in [2.05, 4.69) is 33.4 Å². The molecule has 8 nitrogen and oxygen atoms in total. The van der Waals surface area contributed by atoms with Crippen LogP contribution in [0.15, 0.2) is 76.3 Å². The van der Waals surface area contributed by atoms with Crippen LogP contribution < -0.4 is 24.4 Å². The van der Waals surface area contributed by atoms with E-state index >= 15 is 0 Å². The lowest BCUT2D eigenvalue weighted by molar-refractivity contribution is -0.123. The maximum Gasteiger partial charge on any atom is 0.343 e. The summed E-state index contributed by atoms with van der Waals surface area (Å²) in [6.45, 7) is 2.58. The van der Waals surface area contributed by atoms with Gasteiger partial charge in [-0.25, -0.2) is 10.2 Å². The molecule has 0 bridgehead atoms. The number of nitrogens with zero attached hydrogens (tertiary/aromatic N) is 1. The average Bonchev–Trinajstić information content (AvgIpc) is 2.89. The SMILES string of the molecule is CCCCOc1ccc(OCC(=O)NN=Cc2ccc(OC(=O)c3cccc(Br)c3)c(OC)c2)cc1. The Balaban J connectivity index is 1.49. The molecule has 1 N–H and O–H groups in total. The fourth-order valence-corrected chi connectivity index (χ4v) is 3.35. The summed E-state index contributed by atoms with van der Waals surface area (Å²) in [4.78, 5) is 24.5. The highest BCUT2D eigenvalue weighted by molar-refractivity contribution is 9.10. The molecule has 0 aliphatic rings. The number of benzene rings is 3. The molecule has 3 rings (SSSR count). The van der Waals surface area contributed by atoms with E-state index in [0.29, 0.717) is 29.2 Å². The maximum atomic E-state index is 12.4. The molecule has 0 unspecified atom stereocenters. The fourth-order valence-electron chi connectivity index (χ4n) is 2.95. The van der Waals surface area contributed by atoms with E-state index in [4.69, 9.17) is 18.9 Å². The lowest BCUT2D eigenvalue weighted by Crippen LogP contribution is -2.24. The van der Waals surface area contributed by atoms with Gasteiger partial charge in [0.15, 0.2) is 18.1 Å². The molecule has 0 radical (unpaired) electrons. The molecule has 0 aromatic heterocycles. The predicted octanol–water partition coefficient (Wildman–Crippen LogP) is 5.38. The van der Waals surface area contributed by atoms with E-state index < -0.39 is 11.9 Å². The van der Waals surface area contributed by atoms with Crippen LogP contribution in [-0.2, 0) is 4.79 Å². The molecule has 0 spiro atoms. The van der Waals surface area contributed by atoms with Gasteiger partial charge < -0.3 is 18.9 Å². The number of unbranched alkanes of at least 4 members (excludes halogenated alkanes) is 1. The third kappa shape index (κ3) is 8.42. The highest BCUT2D eigenvalue weighted by atomic mass is 79.9. The van der Waals surface area contributed by atoms with Crippen LogP contribution in [0.25, 0.3) is 0 Å². The number of rotatable bonds is 12. The van der Waals surface area contributed by atoms with E-state index in [0.717, 1.165) is 23.1 Å². The summed E-state index contributed by atoms with van der Waals surface area (Å²) in [7, 11) is 1.47. The zero-order valence-electron chi connectivity index (χ0n) is 20.0. The number of esters is 1. The summed E-state index contributed by atoms with van der Waals surface area (Å²) in [6, 6.07) is 18.9. The van der Waals surface area contributed by atoms with Crippen molar-refractivity contribution in [3.63, 3.8) is 0 Å². The highest BCUT2D eigenvalue weighted by Gasteiger charge is 2.13. The lowest BCUT2D eigenvalue weighted by atomic mass is 10.2. The van der Waals surface area contributed by atoms with E-state index in [1.807, 2.05) is 6.07 Å². The van der Waals surface area contributed by atoms with Gasteiger partial charge >= 0.3 is 5.97 Å². The molecule has 188 valence electrons. The van der Waals surface area contributed by atoms with E-state index in [1.165, 1.54) is 13.3 Å². The summed E-state index contributed by atoms with van der Waals surface area (Å²) >= 11 is 3.33. The van der Waals surface area contributed by atoms with Crippen LogP contribution in [0.1, 0.15) is 35.7 Å². The number of carbonyl (C=O) groups excluding carboxylic acids is 2. The number of methoxy groups -OCH3 is 1. The van der Waals surface area contributed by atoms with Gasteiger partial charge in [0.1, 0.15) is 11.5 Å². The number of hydrogen-bond acceptors (Lipinski definition) is 7. The second-order valence-electron chi connectivity index (χ2n) is 7.57. The van der Waals surface area contributed by atoms with Crippen LogP contribution in [0.3, 0.4) is 0 Å². The molecule has 0 aliphatic carbocycles. The number of hydrogen-bond donors (Lipinski definition) is 1. The van der Waals surface area contributed by atoms with Crippen LogP contribution in [0, 0.1) is 0 Å². The molecule has 0 aliphatic heterocycles. The van der Waals surface area contributed by atoms with E-state index in [-0.39, 0.29) is 12.4 Å². The summed E-state index contributed by atoms with van der Waals surface area (Å²) in [6.07, 6.45) is 3.51. The van der Waals surface area contributed by atoms with Gasteiger partial charge in [0.25, 0.3) is 5.91 Å². The molecule has 0 saturated carbocycles.